The molecule has 1 aromatic rings. The molecule has 0 bridgehead atoms. The predicted molar refractivity (Wildman–Crippen MR) is 87.7 cm³/mol. The molecular weight excluding hydrogens is 294 g/mol. The maximum Gasteiger partial charge on any atom is 0.253 e. The number of carbonyl (C=O) groups is 2. The van der Waals surface area contributed by atoms with E-state index in [9.17, 15) is 9.59 Å². The number of benzene rings is 1. The molecule has 1 saturated heterocycles. The smallest absolute Gasteiger partial charge is 0.253 e. The zero-order valence-electron chi connectivity index (χ0n) is 13.7. The average Bonchev–Trinajstić information content (AvgIpc) is 2.59. The van der Waals surface area contributed by atoms with Gasteiger partial charge in [-0.2, -0.15) is 0 Å². The number of hydrogen-bond donors (Lipinski definition) is 2. The fraction of sp³-hybridized carbons (Fsp3) is 0.529. The first-order valence-corrected chi connectivity index (χ1v) is 8.04. The molecule has 0 saturated carbocycles. The van der Waals surface area contributed by atoms with E-state index in [1.165, 1.54) is 0 Å². The maximum atomic E-state index is 12.5. The highest BCUT2D eigenvalue weighted by Crippen LogP contribution is 2.20. The number of rotatable bonds is 5. The van der Waals surface area contributed by atoms with Crippen molar-refractivity contribution in [3.63, 3.8) is 0 Å². The third-order valence-corrected chi connectivity index (χ3v) is 3.98. The minimum atomic E-state index is -0.149. The lowest BCUT2D eigenvalue weighted by molar-refractivity contribution is -0.126. The molecule has 1 aromatic carbocycles. The second kappa shape index (κ2) is 7.97. The molecule has 1 aliphatic rings. The molecule has 0 spiro atoms. The minimum absolute atomic E-state index is 0.00739. The van der Waals surface area contributed by atoms with Gasteiger partial charge in [-0.3, -0.25) is 15.0 Å². The van der Waals surface area contributed by atoms with E-state index in [0.29, 0.717) is 44.0 Å². The maximum absolute atomic E-state index is 12.5. The van der Waals surface area contributed by atoms with E-state index >= 15 is 0 Å². The molecule has 1 fully saturated rings. The highest BCUT2D eigenvalue weighted by molar-refractivity contribution is 5.94. The third-order valence-electron chi connectivity index (χ3n) is 3.98. The van der Waals surface area contributed by atoms with Gasteiger partial charge in [0.1, 0.15) is 5.75 Å². The molecule has 0 aromatic heterocycles. The lowest BCUT2D eigenvalue weighted by Gasteiger charge is -2.31. The van der Waals surface area contributed by atoms with Gasteiger partial charge in [-0.15, -0.1) is 0 Å². The third kappa shape index (κ3) is 4.69. The van der Waals surface area contributed by atoms with Gasteiger partial charge in [0, 0.05) is 24.6 Å². The summed E-state index contributed by atoms with van der Waals surface area (Å²) in [7, 11) is 0. The molecule has 0 unspecified atom stereocenters. The number of nitrogens with one attached hydrogen (secondary N) is 1. The zero-order valence-corrected chi connectivity index (χ0v) is 13.7. The molecule has 1 aliphatic heterocycles. The van der Waals surface area contributed by atoms with Gasteiger partial charge in [-0.25, -0.2) is 5.84 Å². The largest absolute Gasteiger partial charge is 0.493 e. The SMILES string of the molecule is CC(C)COc1ccc(C(=O)N2CCC(C(=O)NN)CC2)cc1. The Labute approximate surface area is 136 Å². The van der Waals surface area contributed by atoms with Crippen LogP contribution in [-0.2, 0) is 4.79 Å². The van der Waals surface area contributed by atoms with E-state index < -0.39 is 0 Å². The molecule has 6 heteroatoms. The van der Waals surface area contributed by atoms with Crippen LogP contribution >= 0.6 is 0 Å². The Balaban J connectivity index is 1.90. The first-order valence-electron chi connectivity index (χ1n) is 8.04. The molecule has 1 heterocycles. The Morgan fingerprint density at radius 3 is 2.39 bits per heavy atom. The van der Waals surface area contributed by atoms with Crippen molar-refractivity contribution in [1.82, 2.24) is 10.3 Å². The van der Waals surface area contributed by atoms with Gasteiger partial charge in [-0.1, -0.05) is 13.8 Å². The Bertz CT molecular complexity index is 535. The molecule has 126 valence electrons. The van der Waals surface area contributed by atoms with Crippen molar-refractivity contribution in [3.8, 4) is 5.75 Å². The van der Waals surface area contributed by atoms with E-state index in [1.54, 1.807) is 17.0 Å². The predicted octanol–water partition coefficient (Wildman–Crippen LogP) is 1.56. The number of amides is 2. The number of carbonyl (C=O) groups excluding carboxylic acids is 2. The summed E-state index contributed by atoms with van der Waals surface area (Å²) in [5.41, 5.74) is 2.82. The van der Waals surface area contributed by atoms with E-state index in [2.05, 4.69) is 19.3 Å². The van der Waals surface area contributed by atoms with Crippen molar-refractivity contribution in [2.24, 2.45) is 17.7 Å². The average molecular weight is 319 g/mol. The summed E-state index contributed by atoms with van der Waals surface area (Å²) in [6, 6.07) is 7.22. The van der Waals surface area contributed by atoms with Gasteiger partial charge < -0.3 is 9.64 Å². The van der Waals surface area contributed by atoms with Crippen LogP contribution in [0.3, 0.4) is 0 Å². The number of hydrazine groups is 1. The van der Waals surface area contributed by atoms with Crippen LogP contribution in [0.2, 0.25) is 0 Å². The van der Waals surface area contributed by atoms with E-state index in [1.807, 2.05) is 12.1 Å². The van der Waals surface area contributed by atoms with E-state index in [4.69, 9.17) is 10.6 Å². The summed E-state index contributed by atoms with van der Waals surface area (Å²) in [5, 5.41) is 0. The molecule has 6 nitrogen and oxygen atoms in total. The Hall–Kier alpha value is -2.08. The first-order chi connectivity index (χ1) is 11.0. The van der Waals surface area contributed by atoms with E-state index in [-0.39, 0.29) is 17.7 Å². The van der Waals surface area contributed by atoms with Crippen LogP contribution in [0.1, 0.15) is 37.0 Å². The molecule has 23 heavy (non-hydrogen) atoms. The fourth-order valence-corrected chi connectivity index (χ4v) is 2.60. The second-order valence-corrected chi connectivity index (χ2v) is 6.30. The van der Waals surface area contributed by atoms with Crippen molar-refractivity contribution in [3.05, 3.63) is 29.8 Å². The summed E-state index contributed by atoms with van der Waals surface area (Å²) in [6.45, 7) is 5.98. The number of nitrogens with two attached hydrogens (primary N) is 1. The Morgan fingerprint density at radius 1 is 1.26 bits per heavy atom. The molecule has 2 rings (SSSR count). The van der Waals surface area contributed by atoms with Gasteiger partial charge in [0.15, 0.2) is 0 Å². The van der Waals surface area contributed by atoms with Crippen molar-refractivity contribution in [2.75, 3.05) is 19.7 Å². The highest BCUT2D eigenvalue weighted by Gasteiger charge is 2.27. The number of hydrogen-bond acceptors (Lipinski definition) is 4. The van der Waals surface area contributed by atoms with Crippen molar-refractivity contribution in [2.45, 2.75) is 26.7 Å². The summed E-state index contributed by atoms with van der Waals surface area (Å²) in [5.74, 6) is 6.13. The lowest BCUT2D eigenvalue weighted by atomic mass is 9.95. The van der Waals surface area contributed by atoms with Gasteiger partial charge in [0.2, 0.25) is 5.91 Å². The van der Waals surface area contributed by atoms with Crippen LogP contribution in [-0.4, -0.2) is 36.4 Å². The summed E-state index contributed by atoms with van der Waals surface area (Å²) in [6.07, 6.45) is 1.29. The summed E-state index contributed by atoms with van der Waals surface area (Å²) in [4.78, 5) is 25.8. The minimum Gasteiger partial charge on any atom is -0.493 e. The summed E-state index contributed by atoms with van der Waals surface area (Å²) >= 11 is 0. The van der Waals surface area contributed by atoms with Crippen LogP contribution < -0.4 is 16.0 Å². The lowest BCUT2D eigenvalue weighted by Crippen LogP contribution is -2.44. The van der Waals surface area contributed by atoms with Crippen LogP contribution in [0.15, 0.2) is 24.3 Å². The quantitative estimate of drug-likeness (QED) is 0.490. The van der Waals surface area contributed by atoms with Crippen LogP contribution in [0.25, 0.3) is 0 Å². The molecule has 3 N–H and O–H groups in total. The van der Waals surface area contributed by atoms with Gasteiger partial charge in [0.05, 0.1) is 6.61 Å². The van der Waals surface area contributed by atoms with Crippen molar-refractivity contribution in [1.29, 1.82) is 0 Å². The number of ether oxygens (including phenoxy) is 1. The van der Waals surface area contributed by atoms with Crippen LogP contribution in [0.4, 0.5) is 0 Å². The Morgan fingerprint density at radius 2 is 1.87 bits per heavy atom. The topological polar surface area (TPSA) is 84.7 Å². The summed E-state index contributed by atoms with van der Waals surface area (Å²) < 4.78 is 5.62. The molecular formula is C17H25N3O3. The van der Waals surface area contributed by atoms with Crippen LogP contribution in [0, 0.1) is 11.8 Å². The normalized spacial score (nSPS) is 15.6. The molecule has 0 aliphatic carbocycles. The fourth-order valence-electron chi connectivity index (χ4n) is 2.60. The molecule has 0 atom stereocenters. The van der Waals surface area contributed by atoms with Gasteiger partial charge in [-0.05, 0) is 43.0 Å². The Kier molecular flexibility index (Phi) is 5.98. The first kappa shape index (κ1) is 17.3. The van der Waals surface area contributed by atoms with Gasteiger partial charge in [0.25, 0.3) is 5.91 Å². The zero-order chi connectivity index (χ0) is 16.8. The number of nitrogens with zero attached hydrogens (tertiary/aromatic N) is 1. The molecule has 2 amide bonds. The van der Waals surface area contributed by atoms with E-state index in [0.717, 1.165) is 5.75 Å². The van der Waals surface area contributed by atoms with Crippen LogP contribution in [0.5, 0.6) is 5.75 Å². The number of piperidine rings is 1. The molecule has 0 radical (unpaired) electrons. The standard InChI is InChI=1S/C17H25N3O3/c1-12(2)11-23-15-5-3-14(4-6-15)17(22)20-9-7-13(8-10-20)16(21)19-18/h3-6,12-13H,7-11,18H2,1-2H3,(H,19,21). The second-order valence-electron chi connectivity index (χ2n) is 6.30. The number of likely N-dealkylation sites (tertiary alicyclic amines) is 1. The monoisotopic (exact) mass is 319 g/mol. The van der Waals surface area contributed by atoms with Gasteiger partial charge >= 0.3 is 0 Å². The highest BCUT2D eigenvalue weighted by atomic mass is 16.5. The van der Waals surface area contributed by atoms with Crippen molar-refractivity contribution < 1.29 is 14.3 Å². The van der Waals surface area contributed by atoms with Crippen molar-refractivity contribution >= 4 is 11.8 Å².